The summed E-state index contributed by atoms with van der Waals surface area (Å²) < 4.78 is 6.39. The van der Waals surface area contributed by atoms with Crippen molar-refractivity contribution in [3.63, 3.8) is 0 Å². The Labute approximate surface area is 130 Å². The van der Waals surface area contributed by atoms with Crippen molar-refractivity contribution in [3.8, 4) is 5.75 Å². The molecule has 1 amide bonds. The van der Waals surface area contributed by atoms with Crippen molar-refractivity contribution in [3.05, 3.63) is 58.1 Å². The summed E-state index contributed by atoms with van der Waals surface area (Å²) in [5, 5.41) is 2.74. The molecule has 1 aliphatic heterocycles. The Kier molecular flexibility index (Phi) is 3.51. The Balaban J connectivity index is 1.93. The number of nitrogens with one attached hydrogen (secondary N) is 1. The Hall–Kier alpha value is -2.14. The number of fused-ring (bicyclic) bond motifs is 1. The van der Waals surface area contributed by atoms with E-state index in [1.165, 1.54) is 0 Å². The molecule has 0 saturated carbocycles. The van der Waals surface area contributed by atoms with Crippen molar-refractivity contribution in [1.29, 1.82) is 0 Å². The van der Waals surface area contributed by atoms with Gasteiger partial charge in [-0.15, -0.1) is 0 Å². The van der Waals surface area contributed by atoms with Crippen LogP contribution in [0.5, 0.6) is 5.75 Å². The van der Waals surface area contributed by atoms with Crippen LogP contribution in [0.3, 0.4) is 0 Å². The standard InChI is InChI=1S/C16H12BrNO3/c1-9-16(20)18-13-8-11(4-7-14(13)21-9)15(19)10-2-5-12(17)6-3-10/h2-9H,1H3,(H,18,20). The molecular weight excluding hydrogens is 334 g/mol. The molecule has 1 unspecified atom stereocenters. The third kappa shape index (κ3) is 2.69. The van der Waals surface area contributed by atoms with E-state index < -0.39 is 6.10 Å². The van der Waals surface area contributed by atoms with Crippen LogP contribution in [-0.4, -0.2) is 17.8 Å². The van der Waals surface area contributed by atoms with E-state index in [1.807, 2.05) is 12.1 Å². The van der Waals surface area contributed by atoms with Crippen LogP contribution < -0.4 is 10.1 Å². The normalized spacial score (nSPS) is 16.7. The van der Waals surface area contributed by atoms with Crippen molar-refractivity contribution >= 4 is 33.3 Å². The highest BCUT2D eigenvalue weighted by Crippen LogP contribution is 2.31. The largest absolute Gasteiger partial charge is 0.479 e. The highest BCUT2D eigenvalue weighted by Gasteiger charge is 2.24. The van der Waals surface area contributed by atoms with Crippen LogP contribution in [0, 0.1) is 0 Å². The molecule has 21 heavy (non-hydrogen) atoms. The second kappa shape index (κ2) is 5.33. The van der Waals surface area contributed by atoms with Crippen LogP contribution in [0.1, 0.15) is 22.8 Å². The Morgan fingerprint density at radius 2 is 1.81 bits per heavy atom. The molecule has 0 bridgehead atoms. The first kappa shape index (κ1) is 13.8. The summed E-state index contributed by atoms with van der Waals surface area (Å²) in [5.41, 5.74) is 1.63. The van der Waals surface area contributed by atoms with Crippen molar-refractivity contribution in [2.45, 2.75) is 13.0 Å². The summed E-state index contributed by atoms with van der Waals surface area (Å²) in [6.45, 7) is 1.68. The maximum absolute atomic E-state index is 12.4. The number of ketones is 1. The van der Waals surface area contributed by atoms with Gasteiger partial charge >= 0.3 is 0 Å². The fraction of sp³-hybridized carbons (Fsp3) is 0.125. The monoisotopic (exact) mass is 345 g/mol. The topological polar surface area (TPSA) is 55.4 Å². The van der Waals surface area contributed by atoms with Gasteiger partial charge in [-0.2, -0.15) is 0 Å². The summed E-state index contributed by atoms with van der Waals surface area (Å²) in [7, 11) is 0. The minimum atomic E-state index is -0.523. The maximum atomic E-state index is 12.4. The number of amides is 1. The van der Waals surface area contributed by atoms with Crippen LogP contribution in [0.15, 0.2) is 46.9 Å². The molecule has 106 valence electrons. The molecule has 5 heteroatoms. The minimum absolute atomic E-state index is 0.0989. The molecule has 4 nitrogen and oxygen atoms in total. The van der Waals surface area contributed by atoms with E-state index in [0.717, 1.165) is 4.47 Å². The maximum Gasteiger partial charge on any atom is 0.265 e. The van der Waals surface area contributed by atoms with Crippen LogP contribution in [0.2, 0.25) is 0 Å². The van der Waals surface area contributed by atoms with E-state index in [1.54, 1.807) is 37.3 Å². The zero-order valence-corrected chi connectivity index (χ0v) is 12.8. The Morgan fingerprint density at radius 1 is 1.14 bits per heavy atom. The zero-order chi connectivity index (χ0) is 15.0. The van der Waals surface area contributed by atoms with Gasteiger partial charge < -0.3 is 10.1 Å². The van der Waals surface area contributed by atoms with E-state index in [0.29, 0.717) is 22.6 Å². The second-order valence-electron chi connectivity index (χ2n) is 4.80. The molecule has 3 rings (SSSR count). The fourth-order valence-corrected chi connectivity index (χ4v) is 2.38. The Bertz CT molecular complexity index is 725. The van der Waals surface area contributed by atoms with Gasteiger partial charge in [-0.3, -0.25) is 9.59 Å². The molecule has 1 aliphatic rings. The second-order valence-corrected chi connectivity index (χ2v) is 5.71. The molecular formula is C16H12BrNO3. The van der Waals surface area contributed by atoms with Gasteiger partial charge in [-0.1, -0.05) is 15.9 Å². The first-order valence-electron chi connectivity index (χ1n) is 6.46. The summed E-state index contributed by atoms with van der Waals surface area (Å²) in [4.78, 5) is 24.0. The number of benzene rings is 2. The van der Waals surface area contributed by atoms with Gasteiger partial charge in [0.05, 0.1) is 5.69 Å². The molecule has 0 saturated heterocycles. The lowest BCUT2D eigenvalue weighted by atomic mass is 10.0. The van der Waals surface area contributed by atoms with Crippen LogP contribution in [0.4, 0.5) is 5.69 Å². The lowest BCUT2D eigenvalue weighted by Gasteiger charge is -2.23. The van der Waals surface area contributed by atoms with Gasteiger partial charge in [0.1, 0.15) is 5.75 Å². The van der Waals surface area contributed by atoms with Gasteiger partial charge in [0.15, 0.2) is 11.9 Å². The van der Waals surface area contributed by atoms with Crippen molar-refractivity contribution in [1.82, 2.24) is 0 Å². The number of hydrogen-bond acceptors (Lipinski definition) is 3. The number of ether oxygens (including phenoxy) is 1. The van der Waals surface area contributed by atoms with Crippen molar-refractivity contribution < 1.29 is 14.3 Å². The van der Waals surface area contributed by atoms with Gasteiger partial charge in [0, 0.05) is 15.6 Å². The number of hydrogen-bond donors (Lipinski definition) is 1. The predicted octanol–water partition coefficient (Wildman–Crippen LogP) is 3.40. The Morgan fingerprint density at radius 3 is 2.52 bits per heavy atom. The van der Waals surface area contributed by atoms with E-state index in [4.69, 9.17) is 4.74 Å². The van der Waals surface area contributed by atoms with Crippen molar-refractivity contribution in [2.75, 3.05) is 5.32 Å². The molecule has 0 radical (unpaired) electrons. The lowest BCUT2D eigenvalue weighted by Crippen LogP contribution is -2.34. The van der Waals surface area contributed by atoms with Gasteiger partial charge in [-0.25, -0.2) is 0 Å². The number of carbonyl (C=O) groups excluding carboxylic acids is 2. The quantitative estimate of drug-likeness (QED) is 0.848. The van der Waals surface area contributed by atoms with Gasteiger partial charge in [0.2, 0.25) is 0 Å². The van der Waals surface area contributed by atoms with E-state index >= 15 is 0 Å². The van der Waals surface area contributed by atoms with E-state index in [2.05, 4.69) is 21.2 Å². The molecule has 1 N–H and O–H groups in total. The summed E-state index contributed by atoms with van der Waals surface area (Å²) >= 11 is 3.34. The summed E-state index contributed by atoms with van der Waals surface area (Å²) in [6.07, 6.45) is -0.523. The number of carbonyl (C=O) groups is 2. The predicted molar refractivity (Wildman–Crippen MR) is 82.7 cm³/mol. The minimum Gasteiger partial charge on any atom is -0.479 e. The summed E-state index contributed by atoms with van der Waals surface area (Å²) in [6, 6.07) is 12.2. The van der Waals surface area contributed by atoms with Gasteiger partial charge in [-0.05, 0) is 49.4 Å². The van der Waals surface area contributed by atoms with E-state index in [-0.39, 0.29) is 11.7 Å². The first-order chi connectivity index (χ1) is 10.0. The number of halogens is 1. The first-order valence-corrected chi connectivity index (χ1v) is 7.26. The molecule has 1 heterocycles. The molecule has 2 aromatic carbocycles. The fourth-order valence-electron chi connectivity index (χ4n) is 2.12. The zero-order valence-electron chi connectivity index (χ0n) is 11.2. The molecule has 0 aromatic heterocycles. The average molecular weight is 346 g/mol. The smallest absolute Gasteiger partial charge is 0.265 e. The number of anilines is 1. The highest BCUT2D eigenvalue weighted by atomic mass is 79.9. The van der Waals surface area contributed by atoms with Crippen molar-refractivity contribution in [2.24, 2.45) is 0 Å². The SMILES string of the molecule is CC1Oc2ccc(C(=O)c3ccc(Br)cc3)cc2NC1=O. The highest BCUT2D eigenvalue weighted by molar-refractivity contribution is 9.10. The molecule has 2 aromatic rings. The third-order valence-electron chi connectivity index (χ3n) is 3.28. The summed E-state index contributed by atoms with van der Waals surface area (Å²) in [5.74, 6) is 0.267. The van der Waals surface area contributed by atoms with E-state index in [9.17, 15) is 9.59 Å². The van der Waals surface area contributed by atoms with Crippen LogP contribution in [-0.2, 0) is 4.79 Å². The molecule has 0 spiro atoms. The molecule has 0 aliphatic carbocycles. The average Bonchev–Trinajstić information content (AvgIpc) is 2.48. The van der Waals surface area contributed by atoms with Crippen LogP contribution >= 0.6 is 15.9 Å². The lowest BCUT2D eigenvalue weighted by molar-refractivity contribution is -0.122. The van der Waals surface area contributed by atoms with Crippen LogP contribution in [0.25, 0.3) is 0 Å². The number of rotatable bonds is 2. The van der Waals surface area contributed by atoms with Gasteiger partial charge in [0.25, 0.3) is 5.91 Å². The molecule has 0 fully saturated rings. The molecule has 1 atom stereocenters. The third-order valence-corrected chi connectivity index (χ3v) is 3.81.